The zero-order chi connectivity index (χ0) is 21.2. The van der Waals surface area contributed by atoms with Crippen LogP contribution in [0.3, 0.4) is 0 Å². The van der Waals surface area contributed by atoms with Crippen LogP contribution in [0, 0.1) is 5.82 Å². The second-order valence-electron chi connectivity index (χ2n) is 8.72. The van der Waals surface area contributed by atoms with Crippen molar-refractivity contribution in [3.8, 4) is 10.4 Å². The van der Waals surface area contributed by atoms with E-state index >= 15 is 0 Å². The summed E-state index contributed by atoms with van der Waals surface area (Å²) in [5, 5.41) is 10.6. The number of ether oxygens (including phenoxy) is 1. The molecular weight excluding hydrogens is 405 g/mol. The number of carbonyl (C=O) groups is 1. The number of benzene rings is 1. The number of likely N-dealkylation sites (tertiary alicyclic amines) is 1. The molecule has 0 atom stereocenters. The minimum absolute atomic E-state index is 0.143. The van der Waals surface area contributed by atoms with E-state index < -0.39 is 5.60 Å². The predicted octanol–water partition coefficient (Wildman–Crippen LogP) is 4.58. The maximum Gasteiger partial charge on any atom is 0.410 e. The van der Waals surface area contributed by atoms with Crippen molar-refractivity contribution in [2.24, 2.45) is 7.05 Å². The van der Waals surface area contributed by atoms with Crippen LogP contribution in [0.15, 0.2) is 30.6 Å². The second kappa shape index (κ2) is 6.53. The minimum atomic E-state index is -0.495. The molecule has 156 valence electrons. The number of nitrogens with zero attached hydrogens (tertiary/aromatic N) is 5. The van der Waals surface area contributed by atoms with Crippen LogP contribution in [-0.2, 0) is 11.8 Å². The third kappa shape index (κ3) is 3.32. The van der Waals surface area contributed by atoms with Gasteiger partial charge in [-0.3, -0.25) is 9.36 Å². The van der Waals surface area contributed by atoms with Gasteiger partial charge in [-0.2, -0.15) is 10.2 Å². The summed E-state index contributed by atoms with van der Waals surface area (Å²) in [6.45, 7) is 6.75. The molecule has 0 bridgehead atoms. The van der Waals surface area contributed by atoms with Crippen LogP contribution in [0.4, 0.5) is 9.18 Å². The molecule has 1 fully saturated rings. The van der Waals surface area contributed by atoms with Crippen molar-refractivity contribution in [2.75, 3.05) is 13.1 Å². The van der Waals surface area contributed by atoms with Gasteiger partial charge in [0.2, 0.25) is 0 Å². The number of aryl methyl sites for hydroxylation is 1. The van der Waals surface area contributed by atoms with Crippen LogP contribution in [-0.4, -0.2) is 49.2 Å². The fourth-order valence-electron chi connectivity index (χ4n) is 3.62. The van der Waals surface area contributed by atoms with E-state index in [1.54, 1.807) is 16.6 Å². The molecule has 7 nitrogen and oxygen atoms in total. The first-order valence-corrected chi connectivity index (χ1v) is 10.6. The highest BCUT2D eigenvalue weighted by atomic mass is 32.1. The molecule has 0 spiro atoms. The highest BCUT2D eigenvalue weighted by Gasteiger charge is 2.35. The summed E-state index contributed by atoms with van der Waals surface area (Å²) in [6.07, 6.45) is 3.52. The molecule has 0 saturated carbocycles. The van der Waals surface area contributed by atoms with Crippen molar-refractivity contribution in [1.29, 1.82) is 0 Å². The van der Waals surface area contributed by atoms with Gasteiger partial charge >= 0.3 is 6.09 Å². The number of aromatic nitrogens is 4. The molecule has 1 aliphatic heterocycles. The zero-order valence-electron chi connectivity index (χ0n) is 17.2. The normalized spacial score (nSPS) is 15.2. The van der Waals surface area contributed by atoms with Gasteiger partial charge in [0, 0.05) is 48.2 Å². The maximum absolute atomic E-state index is 14.4. The number of carbonyl (C=O) groups excluding carboxylic acids is 1. The summed E-state index contributed by atoms with van der Waals surface area (Å²) in [6, 6.07) is 5.66. The van der Waals surface area contributed by atoms with Crippen LogP contribution in [0.5, 0.6) is 0 Å². The summed E-state index contributed by atoms with van der Waals surface area (Å²) in [5.74, 6) is -0.323. The molecule has 9 heteroatoms. The molecule has 0 N–H and O–H groups in total. The van der Waals surface area contributed by atoms with E-state index in [9.17, 15) is 9.18 Å². The predicted molar refractivity (Wildman–Crippen MR) is 114 cm³/mol. The van der Waals surface area contributed by atoms with Gasteiger partial charge < -0.3 is 9.64 Å². The van der Waals surface area contributed by atoms with Gasteiger partial charge in [0.05, 0.1) is 6.04 Å². The van der Waals surface area contributed by atoms with E-state index in [1.807, 2.05) is 50.0 Å². The summed E-state index contributed by atoms with van der Waals surface area (Å²) in [4.78, 5) is 15.6. The van der Waals surface area contributed by atoms with E-state index in [2.05, 4.69) is 10.2 Å². The van der Waals surface area contributed by atoms with Crippen molar-refractivity contribution < 1.29 is 13.9 Å². The number of hydrogen-bond acceptors (Lipinski definition) is 5. The molecule has 4 heterocycles. The number of hydrogen-bond donors (Lipinski definition) is 0. The van der Waals surface area contributed by atoms with Crippen molar-refractivity contribution in [3.63, 3.8) is 0 Å². The average Bonchev–Trinajstić information content (AvgIpc) is 3.23. The fraction of sp³-hybridized carbons (Fsp3) is 0.381. The SMILES string of the molecule is Cn1cc2cc(-c3cc4cn(C5CN(C(=O)OC(C)(C)C)C5)nc4s3)cc(F)c2n1. The number of rotatable bonds is 2. The van der Waals surface area contributed by atoms with Gasteiger partial charge in [0.25, 0.3) is 0 Å². The number of thiophene rings is 1. The van der Waals surface area contributed by atoms with Gasteiger partial charge in [0.15, 0.2) is 5.82 Å². The molecule has 5 rings (SSSR count). The van der Waals surface area contributed by atoms with E-state index in [-0.39, 0.29) is 18.0 Å². The first-order chi connectivity index (χ1) is 14.2. The lowest BCUT2D eigenvalue weighted by Crippen LogP contribution is -2.52. The molecule has 30 heavy (non-hydrogen) atoms. The van der Waals surface area contributed by atoms with Crippen molar-refractivity contribution >= 4 is 38.5 Å². The Morgan fingerprint density at radius 1 is 1.17 bits per heavy atom. The molecule has 0 aliphatic carbocycles. The maximum atomic E-state index is 14.4. The van der Waals surface area contributed by atoms with E-state index in [0.29, 0.717) is 18.6 Å². The zero-order valence-corrected chi connectivity index (χ0v) is 18.0. The Bertz CT molecular complexity index is 1240. The Balaban J connectivity index is 1.34. The fourth-order valence-corrected chi connectivity index (χ4v) is 4.62. The van der Waals surface area contributed by atoms with Crippen LogP contribution >= 0.6 is 11.3 Å². The first-order valence-electron chi connectivity index (χ1n) is 9.76. The molecule has 0 radical (unpaired) electrons. The van der Waals surface area contributed by atoms with Crippen molar-refractivity contribution in [1.82, 2.24) is 24.5 Å². The lowest BCUT2D eigenvalue weighted by molar-refractivity contribution is -0.000289. The van der Waals surface area contributed by atoms with Gasteiger partial charge in [0.1, 0.15) is 15.9 Å². The van der Waals surface area contributed by atoms with Gasteiger partial charge in [-0.25, -0.2) is 9.18 Å². The number of halogens is 1. The first kappa shape index (κ1) is 19.0. The lowest BCUT2D eigenvalue weighted by Gasteiger charge is -2.39. The Kier molecular flexibility index (Phi) is 4.15. The van der Waals surface area contributed by atoms with Crippen LogP contribution in [0.2, 0.25) is 0 Å². The van der Waals surface area contributed by atoms with Gasteiger partial charge in [-0.1, -0.05) is 0 Å². The topological polar surface area (TPSA) is 65.2 Å². The molecular formula is C21H22FN5O2S. The Labute approximate surface area is 176 Å². The third-order valence-corrected chi connectivity index (χ3v) is 6.15. The summed E-state index contributed by atoms with van der Waals surface area (Å²) >= 11 is 1.53. The van der Waals surface area contributed by atoms with Gasteiger partial charge in [-0.05, 0) is 44.5 Å². The second-order valence-corrected chi connectivity index (χ2v) is 9.75. The molecule has 1 saturated heterocycles. The molecule has 3 aromatic heterocycles. The quantitative estimate of drug-likeness (QED) is 0.470. The molecule has 0 unspecified atom stereocenters. The molecule has 1 aliphatic rings. The average molecular weight is 428 g/mol. The monoisotopic (exact) mass is 427 g/mol. The van der Waals surface area contributed by atoms with Crippen LogP contribution in [0.1, 0.15) is 26.8 Å². The van der Waals surface area contributed by atoms with Crippen molar-refractivity contribution in [3.05, 3.63) is 36.4 Å². The minimum Gasteiger partial charge on any atom is -0.444 e. The highest BCUT2D eigenvalue weighted by molar-refractivity contribution is 7.21. The van der Waals surface area contributed by atoms with E-state index in [1.165, 1.54) is 17.4 Å². The standard InChI is InChI=1S/C21H22FN5O2S/c1-21(2,3)29-20(28)26-10-15(11-26)27-9-14-7-17(30-19(14)24-27)12-5-13-8-25(4)23-18(13)16(22)6-12/h5-9,15H,10-11H2,1-4H3. The number of amides is 1. The summed E-state index contributed by atoms with van der Waals surface area (Å²) < 4.78 is 23.4. The number of fused-ring (bicyclic) bond motifs is 2. The van der Waals surface area contributed by atoms with E-state index in [4.69, 9.17) is 4.74 Å². The lowest BCUT2D eigenvalue weighted by atomic mass is 10.1. The Hall–Kier alpha value is -2.94. The molecule has 1 aromatic carbocycles. The molecule has 1 amide bonds. The van der Waals surface area contributed by atoms with Gasteiger partial charge in [-0.15, -0.1) is 11.3 Å². The molecule has 4 aromatic rings. The van der Waals surface area contributed by atoms with Crippen molar-refractivity contribution in [2.45, 2.75) is 32.4 Å². The Morgan fingerprint density at radius 2 is 1.93 bits per heavy atom. The highest BCUT2D eigenvalue weighted by Crippen LogP contribution is 2.36. The van der Waals surface area contributed by atoms with E-state index in [0.717, 1.165) is 26.0 Å². The van der Waals surface area contributed by atoms with Crippen LogP contribution in [0.25, 0.3) is 31.6 Å². The third-order valence-electron chi connectivity index (χ3n) is 5.07. The smallest absolute Gasteiger partial charge is 0.410 e. The summed E-state index contributed by atoms with van der Waals surface area (Å²) in [7, 11) is 1.78. The summed E-state index contributed by atoms with van der Waals surface area (Å²) in [5.41, 5.74) is 0.708. The largest absolute Gasteiger partial charge is 0.444 e. The van der Waals surface area contributed by atoms with Crippen LogP contribution < -0.4 is 0 Å². The Morgan fingerprint density at radius 3 is 2.63 bits per heavy atom.